The van der Waals surface area contributed by atoms with Crippen molar-refractivity contribution in [2.75, 3.05) is 26.5 Å². The topological polar surface area (TPSA) is 92.9 Å². The van der Waals surface area contributed by atoms with Crippen molar-refractivity contribution in [2.45, 2.75) is 75.8 Å². The first kappa shape index (κ1) is 27.4. The van der Waals surface area contributed by atoms with Gasteiger partial charge in [-0.3, -0.25) is 9.59 Å². The average Bonchev–Trinajstić information content (AvgIpc) is 3.24. The van der Waals surface area contributed by atoms with Gasteiger partial charge in [0.05, 0.1) is 11.1 Å². The molecule has 8 nitrogen and oxygen atoms in total. The Balaban J connectivity index is 1.27. The monoisotopic (exact) mass is 561 g/mol. The van der Waals surface area contributed by atoms with E-state index in [-0.39, 0.29) is 23.9 Å². The van der Waals surface area contributed by atoms with Gasteiger partial charge in [-0.2, -0.15) is 0 Å². The third-order valence-electron chi connectivity index (χ3n) is 8.36. The molecule has 0 radical (unpaired) electrons. The van der Waals surface area contributed by atoms with Gasteiger partial charge in [0.15, 0.2) is 11.5 Å². The van der Waals surface area contributed by atoms with Gasteiger partial charge in [0.25, 0.3) is 17.3 Å². The van der Waals surface area contributed by atoms with E-state index in [1.54, 1.807) is 13.2 Å². The number of carbonyl (C=O) groups is 1. The minimum absolute atomic E-state index is 0.110. The zero-order valence-corrected chi connectivity index (χ0v) is 24.2. The van der Waals surface area contributed by atoms with E-state index in [0.29, 0.717) is 45.4 Å². The summed E-state index contributed by atoms with van der Waals surface area (Å²) in [6.07, 6.45) is 6.44. The summed E-state index contributed by atoms with van der Waals surface area (Å²) in [4.78, 5) is 31.9. The molecule has 1 aliphatic carbocycles. The number of hydrogen-bond donors (Lipinski definition) is 2. The number of pyridine rings is 1. The summed E-state index contributed by atoms with van der Waals surface area (Å²) >= 11 is 8.10. The van der Waals surface area contributed by atoms with Crippen molar-refractivity contribution in [3.8, 4) is 11.5 Å². The number of carbonyl (C=O) groups excluding carboxylic acids is 1. The molecular formula is C28H36ClN3O5S. The van der Waals surface area contributed by atoms with Crippen molar-refractivity contribution < 1.29 is 19.0 Å². The fraction of sp³-hybridized carbons (Fsp3) is 0.571. The molecule has 38 heavy (non-hydrogen) atoms. The summed E-state index contributed by atoms with van der Waals surface area (Å²) in [5, 5.41) is 3.23. The Kier molecular flexibility index (Phi) is 7.75. The highest BCUT2D eigenvalue weighted by molar-refractivity contribution is 7.98. The number of halogens is 1. The van der Waals surface area contributed by atoms with E-state index in [1.165, 1.54) is 11.8 Å². The number of nitrogens with one attached hydrogen (secondary N) is 2. The number of likely N-dealkylation sites (tertiary alicyclic amines) is 1. The summed E-state index contributed by atoms with van der Waals surface area (Å²) in [6.45, 7) is 7.77. The number of H-pyrrole nitrogens is 1. The summed E-state index contributed by atoms with van der Waals surface area (Å²) in [6, 6.07) is 4.14. The lowest BCUT2D eigenvalue weighted by atomic mass is 9.83. The van der Waals surface area contributed by atoms with Crippen LogP contribution in [0.4, 0.5) is 0 Å². The van der Waals surface area contributed by atoms with Gasteiger partial charge in [0.2, 0.25) is 0 Å². The molecule has 0 spiro atoms. The largest absolute Gasteiger partial charge is 0.448 e. The van der Waals surface area contributed by atoms with E-state index in [9.17, 15) is 9.59 Å². The third kappa shape index (κ3) is 5.06. The molecule has 2 aromatic rings. The number of rotatable bonds is 7. The van der Waals surface area contributed by atoms with Gasteiger partial charge >= 0.3 is 0 Å². The standard InChI is InChI=1S/C28H36ClN3O5S/c1-15-10-23(38-5)21(27(34)31-15)14-30-26(33)20-13-22(29)25-24(16(20)2)36-28(3,37-25)17-6-8-32(9-7-17)18-11-19(12-18)35-4/h10,13,17-19H,6-9,11-12,14H2,1-5H3,(H,30,33)(H,31,34)/t18-,19+,28-/m1/s1. The minimum atomic E-state index is -0.838. The number of aryl methyl sites for hydroxylation is 1. The van der Waals surface area contributed by atoms with Crippen molar-refractivity contribution >= 4 is 29.3 Å². The van der Waals surface area contributed by atoms with E-state index < -0.39 is 5.79 Å². The van der Waals surface area contributed by atoms with Crippen molar-refractivity contribution in [3.63, 3.8) is 0 Å². The van der Waals surface area contributed by atoms with Gasteiger partial charge < -0.3 is 29.4 Å². The summed E-state index contributed by atoms with van der Waals surface area (Å²) in [5.41, 5.74) is 2.19. The van der Waals surface area contributed by atoms with Crippen LogP contribution in [0.25, 0.3) is 0 Å². The number of aromatic nitrogens is 1. The van der Waals surface area contributed by atoms with E-state index in [4.69, 9.17) is 25.8 Å². The number of amides is 1. The van der Waals surface area contributed by atoms with E-state index in [0.717, 1.165) is 49.4 Å². The lowest BCUT2D eigenvalue weighted by Crippen LogP contribution is -2.54. The van der Waals surface area contributed by atoms with Crippen LogP contribution >= 0.6 is 23.4 Å². The molecule has 2 fully saturated rings. The molecule has 5 rings (SSSR count). The molecule has 206 valence electrons. The SMILES string of the molecule is CO[C@H]1C[C@@H](N2CCC([C@@]3(C)Oc4c(Cl)cc(C(=O)NCc5c(SC)cc(C)[nH]c5=O)c(C)c4O3)CC2)C1. The van der Waals surface area contributed by atoms with Gasteiger partial charge in [-0.1, -0.05) is 11.6 Å². The highest BCUT2D eigenvalue weighted by Crippen LogP contribution is 2.51. The van der Waals surface area contributed by atoms with Crippen LogP contribution in [0, 0.1) is 19.8 Å². The first-order chi connectivity index (χ1) is 18.1. The van der Waals surface area contributed by atoms with E-state index in [2.05, 4.69) is 15.2 Å². The Bertz CT molecular complexity index is 1290. The molecular weight excluding hydrogens is 526 g/mol. The van der Waals surface area contributed by atoms with Gasteiger partial charge in [0, 0.05) is 59.8 Å². The van der Waals surface area contributed by atoms with E-state index >= 15 is 0 Å². The highest BCUT2D eigenvalue weighted by Gasteiger charge is 2.48. The number of piperidine rings is 1. The number of benzene rings is 1. The molecule has 1 aromatic carbocycles. The predicted octanol–water partition coefficient (Wildman–Crippen LogP) is 4.67. The molecule has 3 aliphatic rings. The quantitative estimate of drug-likeness (QED) is 0.474. The summed E-state index contributed by atoms with van der Waals surface area (Å²) in [7, 11) is 1.79. The van der Waals surface area contributed by atoms with E-state index in [1.807, 2.05) is 33.1 Å². The van der Waals surface area contributed by atoms with Crippen LogP contribution in [0.1, 0.15) is 59.8 Å². The van der Waals surface area contributed by atoms with Crippen molar-refractivity contribution in [1.29, 1.82) is 0 Å². The fourth-order valence-corrected chi connectivity index (χ4v) is 6.80. The summed E-state index contributed by atoms with van der Waals surface area (Å²) in [5.74, 6) is 0.0597. The van der Waals surface area contributed by atoms with Crippen molar-refractivity contribution in [3.05, 3.63) is 49.9 Å². The molecule has 1 saturated heterocycles. The number of thioether (sulfide) groups is 1. The second-order valence-electron chi connectivity index (χ2n) is 10.7. The number of fused-ring (bicyclic) bond motifs is 1. The van der Waals surface area contributed by atoms with Crippen LogP contribution in [-0.2, 0) is 11.3 Å². The Morgan fingerprint density at radius 2 is 1.92 bits per heavy atom. The molecule has 1 atom stereocenters. The van der Waals surface area contributed by atoms with Crippen molar-refractivity contribution in [2.24, 2.45) is 5.92 Å². The maximum absolute atomic E-state index is 13.2. The Morgan fingerprint density at radius 1 is 1.24 bits per heavy atom. The van der Waals surface area contributed by atoms with Gasteiger partial charge in [-0.25, -0.2) is 0 Å². The molecule has 10 heteroatoms. The summed E-state index contributed by atoms with van der Waals surface area (Å²) < 4.78 is 18.3. The Hall–Kier alpha value is -2.20. The smallest absolute Gasteiger partial charge is 0.254 e. The zero-order chi connectivity index (χ0) is 27.2. The Morgan fingerprint density at radius 3 is 2.58 bits per heavy atom. The van der Waals surface area contributed by atoms with Crippen LogP contribution in [0.15, 0.2) is 21.8 Å². The third-order valence-corrected chi connectivity index (χ3v) is 9.44. The molecule has 1 aromatic heterocycles. The average molecular weight is 562 g/mol. The number of nitrogens with zero attached hydrogens (tertiary/aromatic N) is 1. The molecule has 3 heterocycles. The van der Waals surface area contributed by atoms with Gasteiger partial charge in [0.1, 0.15) is 0 Å². The molecule has 2 aliphatic heterocycles. The maximum atomic E-state index is 13.2. The van der Waals surface area contributed by atoms with Crippen molar-refractivity contribution in [1.82, 2.24) is 15.2 Å². The number of methoxy groups -OCH3 is 1. The number of aromatic amines is 1. The zero-order valence-electron chi connectivity index (χ0n) is 22.6. The number of ether oxygens (including phenoxy) is 3. The van der Waals surface area contributed by atoms with Crippen LogP contribution < -0.4 is 20.3 Å². The van der Waals surface area contributed by atoms with Crippen LogP contribution in [0.2, 0.25) is 5.02 Å². The molecule has 0 bridgehead atoms. The second kappa shape index (κ2) is 10.8. The maximum Gasteiger partial charge on any atom is 0.254 e. The minimum Gasteiger partial charge on any atom is -0.448 e. The lowest BCUT2D eigenvalue weighted by molar-refractivity contribution is -0.131. The van der Waals surface area contributed by atoms with Crippen LogP contribution in [0.5, 0.6) is 11.5 Å². The van der Waals surface area contributed by atoms with Crippen LogP contribution in [0.3, 0.4) is 0 Å². The predicted molar refractivity (Wildman–Crippen MR) is 149 cm³/mol. The lowest BCUT2D eigenvalue weighted by Gasteiger charge is -2.46. The molecule has 1 amide bonds. The van der Waals surface area contributed by atoms with Gasteiger partial charge in [-0.15, -0.1) is 11.8 Å². The van der Waals surface area contributed by atoms with Gasteiger partial charge in [-0.05, 0) is 71.0 Å². The van der Waals surface area contributed by atoms with Crippen LogP contribution in [-0.4, -0.2) is 60.2 Å². The fourth-order valence-electron chi connectivity index (χ4n) is 5.87. The molecule has 1 saturated carbocycles. The first-order valence-electron chi connectivity index (χ1n) is 13.2. The first-order valence-corrected chi connectivity index (χ1v) is 14.8. The molecule has 0 unspecified atom stereocenters. The normalized spacial score (nSPS) is 25.3. The highest BCUT2D eigenvalue weighted by atomic mass is 35.5. The Labute approximate surface area is 232 Å². The number of hydrogen-bond acceptors (Lipinski definition) is 7. The molecule has 2 N–H and O–H groups in total. The second-order valence-corrected chi connectivity index (χ2v) is 12.0.